The molecule has 0 radical (unpaired) electrons. The van der Waals surface area contributed by atoms with Crippen LogP contribution in [0, 0.1) is 5.82 Å². The normalized spacial score (nSPS) is 15.4. The first-order chi connectivity index (χ1) is 12.1. The zero-order valence-electron chi connectivity index (χ0n) is 14.3. The lowest BCUT2D eigenvalue weighted by molar-refractivity contribution is 0.0706. The van der Waals surface area contributed by atoms with Gasteiger partial charge in [0.2, 0.25) is 0 Å². The average Bonchev–Trinajstić information content (AvgIpc) is 3.01. The highest BCUT2D eigenvalue weighted by atomic mass is 19.1. The third kappa shape index (κ3) is 3.16. The number of carbonyl (C=O) groups excluding carboxylic acids is 1. The Morgan fingerprint density at radius 1 is 1.40 bits per heavy atom. The molecule has 1 aromatic heterocycles. The lowest BCUT2D eigenvalue weighted by Gasteiger charge is -2.32. The summed E-state index contributed by atoms with van der Waals surface area (Å²) in [5, 5.41) is 6.61. The number of ether oxygens (including phenoxy) is 1. The second-order valence-electron chi connectivity index (χ2n) is 6.02. The fourth-order valence-electron chi connectivity index (χ4n) is 3.34. The van der Waals surface area contributed by atoms with E-state index in [4.69, 9.17) is 4.74 Å². The second kappa shape index (κ2) is 7.08. The SMILES string of the molecule is CCn1c(C2CCN(C(=O)c3cccc(F)c3OC)CC2)n[nH]c1=O. The van der Waals surface area contributed by atoms with Crippen molar-refractivity contribution >= 4 is 5.91 Å². The zero-order chi connectivity index (χ0) is 18.0. The number of para-hydroxylation sites is 1. The Balaban J connectivity index is 1.73. The molecule has 0 atom stereocenters. The molecular weight excluding hydrogens is 327 g/mol. The summed E-state index contributed by atoms with van der Waals surface area (Å²) >= 11 is 0. The molecule has 1 fully saturated rings. The van der Waals surface area contributed by atoms with Crippen LogP contribution in [0.4, 0.5) is 4.39 Å². The van der Waals surface area contributed by atoms with Gasteiger partial charge in [-0.05, 0) is 31.9 Å². The molecule has 1 N–H and O–H groups in total. The molecule has 1 amide bonds. The highest BCUT2D eigenvalue weighted by molar-refractivity contribution is 5.97. The quantitative estimate of drug-likeness (QED) is 0.913. The third-order valence-electron chi connectivity index (χ3n) is 4.65. The van der Waals surface area contributed by atoms with Crippen molar-refractivity contribution in [3.8, 4) is 5.75 Å². The number of H-pyrrole nitrogens is 1. The van der Waals surface area contributed by atoms with E-state index in [2.05, 4.69) is 10.2 Å². The summed E-state index contributed by atoms with van der Waals surface area (Å²) in [6.07, 6.45) is 1.40. The summed E-state index contributed by atoms with van der Waals surface area (Å²) in [7, 11) is 1.35. The monoisotopic (exact) mass is 348 g/mol. The van der Waals surface area contributed by atoms with Crippen molar-refractivity contribution in [2.24, 2.45) is 0 Å². The predicted molar refractivity (Wildman–Crippen MR) is 89.4 cm³/mol. The molecule has 25 heavy (non-hydrogen) atoms. The van der Waals surface area contributed by atoms with Crippen LogP contribution < -0.4 is 10.4 Å². The van der Waals surface area contributed by atoms with Crippen LogP contribution in [0.1, 0.15) is 41.9 Å². The van der Waals surface area contributed by atoms with Crippen LogP contribution in [-0.2, 0) is 6.54 Å². The van der Waals surface area contributed by atoms with Crippen LogP contribution in [0.25, 0.3) is 0 Å². The minimum Gasteiger partial charge on any atom is -0.493 e. The number of piperidine rings is 1. The summed E-state index contributed by atoms with van der Waals surface area (Å²) in [6.45, 7) is 3.50. The molecule has 1 aromatic carbocycles. The molecule has 3 rings (SSSR count). The first kappa shape index (κ1) is 17.2. The Morgan fingerprint density at radius 2 is 2.12 bits per heavy atom. The predicted octanol–water partition coefficient (Wildman–Crippen LogP) is 1.76. The van der Waals surface area contributed by atoms with Crippen LogP contribution in [0.2, 0.25) is 0 Å². The van der Waals surface area contributed by atoms with Gasteiger partial charge in [0.05, 0.1) is 12.7 Å². The number of nitrogens with one attached hydrogen (secondary N) is 1. The summed E-state index contributed by atoms with van der Waals surface area (Å²) < 4.78 is 20.5. The smallest absolute Gasteiger partial charge is 0.343 e. The highest BCUT2D eigenvalue weighted by Crippen LogP contribution is 2.29. The van der Waals surface area contributed by atoms with Crippen LogP contribution in [0.5, 0.6) is 5.75 Å². The number of aromatic amines is 1. The van der Waals surface area contributed by atoms with Crippen molar-refractivity contribution in [1.29, 1.82) is 0 Å². The van der Waals surface area contributed by atoms with Gasteiger partial charge in [-0.15, -0.1) is 0 Å². The molecule has 0 aliphatic carbocycles. The third-order valence-corrected chi connectivity index (χ3v) is 4.65. The van der Waals surface area contributed by atoms with Crippen LogP contribution in [-0.4, -0.2) is 45.8 Å². The van der Waals surface area contributed by atoms with Crippen molar-refractivity contribution in [2.75, 3.05) is 20.2 Å². The van der Waals surface area contributed by atoms with Crippen molar-refractivity contribution in [2.45, 2.75) is 32.2 Å². The van der Waals surface area contributed by atoms with E-state index in [1.807, 2.05) is 6.92 Å². The summed E-state index contributed by atoms with van der Waals surface area (Å²) in [4.78, 5) is 26.1. The van der Waals surface area contributed by atoms with Crippen molar-refractivity contribution in [3.05, 3.63) is 45.9 Å². The number of rotatable bonds is 4. The van der Waals surface area contributed by atoms with Gasteiger partial charge in [-0.1, -0.05) is 6.07 Å². The van der Waals surface area contributed by atoms with Crippen molar-refractivity contribution < 1.29 is 13.9 Å². The topological polar surface area (TPSA) is 80.2 Å². The Bertz CT molecular complexity index is 822. The van der Waals surface area contributed by atoms with Gasteiger partial charge < -0.3 is 9.64 Å². The van der Waals surface area contributed by atoms with Gasteiger partial charge >= 0.3 is 5.69 Å². The number of nitrogens with zero attached hydrogens (tertiary/aromatic N) is 3. The van der Waals surface area contributed by atoms with Crippen molar-refractivity contribution in [3.63, 3.8) is 0 Å². The van der Waals surface area contributed by atoms with E-state index < -0.39 is 5.82 Å². The van der Waals surface area contributed by atoms with E-state index in [0.717, 1.165) is 5.82 Å². The van der Waals surface area contributed by atoms with Crippen LogP contribution >= 0.6 is 0 Å². The number of methoxy groups -OCH3 is 1. The maximum atomic E-state index is 13.8. The van der Waals surface area contributed by atoms with Crippen molar-refractivity contribution in [1.82, 2.24) is 19.7 Å². The Morgan fingerprint density at radius 3 is 2.76 bits per heavy atom. The van der Waals surface area contributed by atoms with Crippen LogP contribution in [0.15, 0.2) is 23.0 Å². The molecule has 134 valence electrons. The number of carbonyl (C=O) groups is 1. The van der Waals surface area contributed by atoms with E-state index >= 15 is 0 Å². The molecule has 1 saturated heterocycles. The van der Waals surface area contributed by atoms with E-state index in [-0.39, 0.29) is 28.8 Å². The summed E-state index contributed by atoms with van der Waals surface area (Å²) in [6, 6.07) is 4.34. The fraction of sp³-hybridized carbons (Fsp3) is 0.471. The summed E-state index contributed by atoms with van der Waals surface area (Å²) in [5.41, 5.74) is 0.0201. The lowest BCUT2D eigenvalue weighted by atomic mass is 9.95. The molecule has 2 aromatic rings. The molecule has 0 bridgehead atoms. The number of hydrogen-bond donors (Lipinski definition) is 1. The lowest BCUT2D eigenvalue weighted by Crippen LogP contribution is -2.38. The number of halogens is 1. The molecule has 8 heteroatoms. The molecule has 2 heterocycles. The number of amides is 1. The molecule has 1 aliphatic rings. The molecule has 0 saturated carbocycles. The van der Waals surface area contributed by atoms with E-state index in [1.54, 1.807) is 15.5 Å². The van der Waals surface area contributed by atoms with E-state index in [0.29, 0.717) is 32.5 Å². The molecule has 0 unspecified atom stereocenters. The zero-order valence-corrected chi connectivity index (χ0v) is 14.3. The van der Waals surface area contributed by atoms with Gasteiger partial charge in [0, 0.05) is 25.6 Å². The fourth-order valence-corrected chi connectivity index (χ4v) is 3.34. The minimum absolute atomic E-state index is 0.0262. The van der Waals surface area contributed by atoms with E-state index in [1.165, 1.54) is 19.2 Å². The van der Waals surface area contributed by atoms with Gasteiger partial charge in [-0.3, -0.25) is 9.36 Å². The number of aromatic nitrogens is 3. The maximum absolute atomic E-state index is 13.8. The maximum Gasteiger partial charge on any atom is 0.343 e. The summed E-state index contributed by atoms with van der Waals surface area (Å²) in [5.74, 6) is 0.0402. The average molecular weight is 348 g/mol. The molecule has 0 spiro atoms. The standard InChI is InChI=1S/C17H21FN4O3/c1-3-22-15(19-20-17(22)24)11-7-9-21(10-8-11)16(23)12-5-4-6-13(18)14(12)25-2/h4-6,11H,3,7-10H2,1-2H3,(H,20,24). The van der Waals surface area contributed by atoms with E-state index in [9.17, 15) is 14.0 Å². The molecule has 7 nitrogen and oxygen atoms in total. The Kier molecular flexibility index (Phi) is 4.87. The minimum atomic E-state index is -0.549. The van der Waals surface area contributed by atoms with Gasteiger partial charge in [0.25, 0.3) is 5.91 Å². The largest absolute Gasteiger partial charge is 0.493 e. The molecule has 1 aliphatic heterocycles. The van der Waals surface area contributed by atoms with Gasteiger partial charge in [0.15, 0.2) is 11.6 Å². The number of hydrogen-bond acceptors (Lipinski definition) is 4. The van der Waals surface area contributed by atoms with Gasteiger partial charge in [-0.25, -0.2) is 14.3 Å². The Labute approximate surface area is 144 Å². The van der Waals surface area contributed by atoms with Gasteiger partial charge in [0.1, 0.15) is 5.82 Å². The first-order valence-electron chi connectivity index (χ1n) is 8.33. The first-order valence-corrected chi connectivity index (χ1v) is 8.33. The number of likely N-dealkylation sites (tertiary alicyclic amines) is 1. The second-order valence-corrected chi connectivity index (χ2v) is 6.02. The highest BCUT2D eigenvalue weighted by Gasteiger charge is 2.29. The van der Waals surface area contributed by atoms with Gasteiger partial charge in [-0.2, -0.15) is 5.10 Å². The molecular formula is C17H21FN4O3. The number of benzene rings is 1. The van der Waals surface area contributed by atoms with Crippen LogP contribution in [0.3, 0.4) is 0 Å². The Hall–Kier alpha value is -2.64.